The molecule has 0 aliphatic rings. The predicted molar refractivity (Wildman–Crippen MR) is 87.7 cm³/mol. The van der Waals surface area contributed by atoms with E-state index in [2.05, 4.69) is 12.1 Å². The monoisotopic (exact) mass is 349 g/mol. The summed E-state index contributed by atoms with van der Waals surface area (Å²) in [4.78, 5) is 0. The van der Waals surface area contributed by atoms with E-state index in [1.54, 1.807) is 25.6 Å². The Morgan fingerprint density at radius 1 is 1.36 bits per heavy atom. The van der Waals surface area contributed by atoms with Crippen LogP contribution in [-0.4, -0.2) is 35.7 Å². The zero-order valence-electron chi connectivity index (χ0n) is 13.1. The fourth-order valence-electron chi connectivity index (χ4n) is 1.35. The van der Waals surface area contributed by atoms with E-state index in [0.717, 1.165) is 10.9 Å². The van der Waals surface area contributed by atoms with Crippen molar-refractivity contribution in [3.8, 4) is 0 Å². The van der Waals surface area contributed by atoms with Crippen LogP contribution in [0.1, 0.15) is 25.8 Å². The van der Waals surface area contributed by atoms with Crippen molar-refractivity contribution >= 4 is 27.0 Å². The Hall–Kier alpha value is -0.930. The van der Waals surface area contributed by atoms with Gasteiger partial charge in [-0.05, 0) is 17.9 Å². The van der Waals surface area contributed by atoms with Gasteiger partial charge in [-0.2, -0.15) is 0 Å². The maximum absolute atomic E-state index is 10.1. The largest absolute Gasteiger partial charge is 0.746 e. The van der Waals surface area contributed by atoms with Crippen LogP contribution in [0.15, 0.2) is 30.3 Å². The van der Waals surface area contributed by atoms with Gasteiger partial charge in [0.25, 0.3) is 0 Å². The Morgan fingerprint density at radius 2 is 1.91 bits per heavy atom. The summed E-state index contributed by atoms with van der Waals surface area (Å²) in [5.74, 6) is 0.968. The minimum atomic E-state index is -4.49. The molecule has 1 unspecified atom stereocenters. The molecule has 0 saturated carbocycles. The molecule has 0 aliphatic heterocycles. The van der Waals surface area contributed by atoms with Crippen LogP contribution in [0.2, 0.25) is 0 Å². The first-order valence-corrected chi connectivity index (χ1v) is 9.33. The number of hydrogen-bond acceptors (Lipinski definition) is 5. The highest BCUT2D eigenvalue weighted by molar-refractivity contribution is 8.12. The smallest absolute Gasteiger partial charge is 0.394 e. The third kappa shape index (κ3) is 10.7. The second-order valence-electron chi connectivity index (χ2n) is 5.04. The van der Waals surface area contributed by atoms with Gasteiger partial charge in [-0.25, -0.2) is 13.8 Å². The molecule has 22 heavy (non-hydrogen) atoms. The number of amidine groups is 1. The summed E-state index contributed by atoms with van der Waals surface area (Å²) in [6, 6.07) is 10.3. The van der Waals surface area contributed by atoms with Gasteiger partial charge in [0.15, 0.2) is 0 Å². The van der Waals surface area contributed by atoms with Crippen molar-refractivity contribution in [3.05, 3.63) is 35.9 Å². The number of hydrogen-bond donors (Lipinski definition) is 3. The normalized spacial score (nSPS) is 12.5. The van der Waals surface area contributed by atoms with Gasteiger partial charge in [0, 0.05) is 17.5 Å². The molecule has 5 N–H and O–H groups in total. The Bertz CT molecular complexity index is 533. The lowest BCUT2D eigenvalue weighted by Gasteiger charge is -2.15. The average Bonchev–Trinajstić information content (AvgIpc) is 2.45. The first-order chi connectivity index (χ1) is 10.2. The fraction of sp³-hybridized carbons (Fsp3) is 0.500. The highest BCUT2D eigenvalue weighted by Crippen LogP contribution is 2.09. The van der Waals surface area contributed by atoms with Crippen LogP contribution in [0.3, 0.4) is 0 Å². The molecule has 0 amide bonds. The molecule has 0 fully saturated rings. The molecule has 0 bridgehead atoms. The van der Waals surface area contributed by atoms with Gasteiger partial charge in [-0.15, -0.1) is 0 Å². The summed E-state index contributed by atoms with van der Waals surface area (Å²) in [6.07, 6.45) is 0.00579. The van der Waals surface area contributed by atoms with E-state index >= 15 is 0 Å². The van der Waals surface area contributed by atoms with Crippen molar-refractivity contribution in [2.24, 2.45) is 5.92 Å². The van der Waals surface area contributed by atoms with Crippen LogP contribution in [-0.2, 0) is 15.9 Å². The highest BCUT2D eigenvalue weighted by Gasteiger charge is 2.12. The second kappa shape index (κ2) is 10.7. The van der Waals surface area contributed by atoms with Crippen LogP contribution in [0.5, 0.6) is 0 Å². The highest BCUT2D eigenvalue weighted by atomic mass is 32.2. The molecule has 0 heterocycles. The molecule has 0 aromatic heterocycles. The van der Waals surface area contributed by atoms with Crippen LogP contribution in [0.4, 0.5) is 0 Å². The molecule has 126 valence electrons. The minimum absolute atomic E-state index is 0.00579. The summed E-state index contributed by atoms with van der Waals surface area (Å²) >= 11 is 1.67. The Balaban J connectivity index is 0.000000409. The lowest BCUT2D eigenvalue weighted by atomic mass is 10.1. The molecule has 0 saturated heterocycles. The van der Waals surface area contributed by atoms with Gasteiger partial charge in [0.1, 0.15) is 15.6 Å². The van der Waals surface area contributed by atoms with Crippen molar-refractivity contribution in [2.75, 3.05) is 7.05 Å². The van der Waals surface area contributed by atoms with Gasteiger partial charge in [-0.3, -0.25) is 5.32 Å². The van der Waals surface area contributed by atoms with Crippen molar-refractivity contribution in [2.45, 2.75) is 31.5 Å². The molecule has 0 radical (unpaired) electrons. The van der Waals surface area contributed by atoms with Crippen molar-refractivity contribution in [1.29, 1.82) is 0 Å². The number of aliphatic hydroxyl groups excluding tert-OH is 1. The number of rotatable bonds is 5. The first kappa shape index (κ1) is 21.1. The van der Waals surface area contributed by atoms with E-state index < -0.39 is 15.6 Å². The standard InChI is InChI=1S/C9H12N2S.C5H12O4S/c1-11-9(10)12-7-8-5-3-2-4-6-8;1-4(2)3-5(6)10(7,8)9/h2-6H,7H2,1H3,(H2,10,11);4-6H,3H2,1-2H3,(H,7,8,9)/p+1. The molecule has 6 nitrogen and oxygen atoms in total. The SMILES string of the molecule is CC(C)CC(O)S(=O)(=O)[O-].C[NH2+]C(=[NH2+])SCc1ccccc1. The summed E-state index contributed by atoms with van der Waals surface area (Å²) in [5, 5.41) is 17.1. The Morgan fingerprint density at radius 3 is 2.27 bits per heavy atom. The third-order valence-electron chi connectivity index (χ3n) is 2.54. The topological polar surface area (TPSA) is 120 Å². The minimum Gasteiger partial charge on any atom is -0.746 e. The number of aliphatic hydroxyl groups is 1. The molecule has 1 rings (SSSR count). The van der Waals surface area contributed by atoms with Gasteiger partial charge in [0.05, 0.1) is 7.05 Å². The van der Waals surface area contributed by atoms with Crippen LogP contribution >= 0.6 is 11.8 Å². The summed E-state index contributed by atoms with van der Waals surface area (Å²) < 4.78 is 30.2. The molecule has 1 aromatic rings. The van der Waals surface area contributed by atoms with E-state index in [1.807, 2.05) is 30.6 Å². The maximum Gasteiger partial charge on any atom is 0.394 e. The number of quaternary nitrogens is 1. The Labute approximate surface area is 136 Å². The average molecular weight is 349 g/mol. The van der Waals surface area contributed by atoms with E-state index in [-0.39, 0.29) is 12.3 Å². The van der Waals surface area contributed by atoms with E-state index in [9.17, 15) is 13.0 Å². The molecule has 0 spiro atoms. The number of benzene rings is 1. The molecule has 1 atom stereocenters. The summed E-state index contributed by atoms with van der Waals surface area (Å²) in [5.41, 5.74) is -0.431. The summed E-state index contributed by atoms with van der Waals surface area (Å²) in [7, 11) is -2.54. The zero-order chi connectivity index (χ0) is 17.2. The Kier molecular flexibility index (Phi) is 10.3. The lowest BCUT2D eigenvalue weighted by molar-refractivity contribution is -0.528. The molecule has 8 heteroatoms. The quantitative estimate of drug-likeness (QED) is 0.362. The van der Waals surface area contributed by atoms with Gasteiger partial charge in [-0.1, -0.05) is 44.2 Å². The predicted octanol–water partition coefficient (Wildman–Crippen LogP) is -0.876. The fourth-order valence-corrected chi connectivity index (χ4v) is 2.66. The number of thioether (sulfide) groups is 1. The van der Waals surface area contributed by atoms with Gasteiger partial charge in [0.2, 0.25) is 0 Å². The number of nitrogens with two attached hydrogens (primary N) is 2. The molecular weight excluding hydrogens is 324 g/mol. The van der Waals surface area contributed by atoms with Crippen LogP contribution < -0.4 is 10.7 Å². The second-order valence-corrected chi connectivity index (χ2v) is 7.62. The molecule has 0 aliphatic carbocycles. The molecule has 1 aromatic carbocycles. The van der Waals surface area contributed by atoms with Crippen molar-refractivity contribution in [1.82, 2.24) is 0 Å². The third-order valence-corrected chi connectivity index (χ3v) is 4.44. The summed E-state index contributed by atoms with van der Waals surface area (Å²) in [6.45, 7) is 3.46. The zero-order valence-corrected chi connectivity index (χ0v) is 14.7. The first-order valence-electron chi connectivity index (χ1n) is 6.88. The molecular formula is C14H25N2O4S2+. The van der Waals surface area contributed by atoms with Gasteiger partial charge >= 0.3 is 5.17 Å². The van der Waals surface area contributed by atoms with E-state index in [1.165, 1.54) is 5.56 Å². The lowest BCUT2D eigenvalue weighted by Crippen LogP contribution is -2.89. The van der Waals surface area contributed by atoms with Crippen LogP contribution in [0, 0.1) is 5.92 Å². The maximum atomic E-state index is 10.1. The van der Waals surface area contributed by atoms with E-state index in [4.69, 9.17) is 10.5 Å². The van der Waals surface area contributed by atoms with E-state index in [0.29, 0.717) is 0 Å². The van der Waals surface area contributed by atoms with Crippen molar-refractivity contribution in [3.63, 3.8) is 0 Å². The van der Waals surface area contributed by atoms with Crippen LogP contribution in [0.25, 0.3) is 0 Å². The van der Waals surface area contributed by atoms with Gasteiger partial charge < -0.3 is 9.66 Å². The van der Waals surface area contributed by atoms with Crippen molar-refractivity contribution < 1.29 is 28.8 Å².